The second-order valence-corrected chi connectivity index (χ2v) is 3.97. The monoisotopic (exact) mass is 129 g/mol. The molecular formula is C6H11NS. The number of hydrogen-bond acceptors (Lipinski definition) is 2. The molecule has 3 unspecified atom stereocenters. The number of hydrogen-bond donors (Lipinski definition) is 1. The van der Waals surface area contributed by atoms with Crippen molar-refractivity contribution in [2.75, 3.05) is 12.3 Å². The minimum atomic E-state index is 0.911. The lowest BCUT2D eigenvalue weighted by Gasteiger charge is -1.94. The van der Waals surface area contributed by atoms with Gasteiger partial charge in [-0.1, -0.05) is 0 Å². The molecule has 1 saturated carbocycles. The molecule has 2 aliphatic rings. The fourth-order valence-electron chi connectivity index (χ4n) is 1.68. The average molecular weight is 129 g/mol. The van der Waals surface area contributed by atoms with E-state index in [2.05, 4.69) is 11.8 Å². The van der Waals surface area contributed by atoms with Crippen molar-refractivity contribution >= 4 is 11.8 Å². The summed E-state index contributed by atoms with van der Waals surface area (Å²) in [6.07, 6.45) is 1.44. The van der Waals surface area contributed by atoms with E-state index in [0.717, 1.165) is 23.6 Å². The molecule has 46 valence electrons. The van der Waals surface area contributed by atoms with Crippen molar-refractivity contribution < 1.29 is 0 Å². The molecule has 0 aromatic rings. The molecule has 0 aromatic carbocycles. The normalized spacial score (nSPS) is 51.4. The zero-order valence-electron chi connectivity index (χ0n) is 4.84. The van der Waals surface area contributed by atoms with Crippen LogP contribution in [0.1, 0.15) is 6.42 Å². The lowest BCUT2D eigenvalue weighted by atomic mass is 10.2. The smallest absolute Gasteiger partial charge is 0.0122 e. The van der Waals surface area contributed by atoms with Crippen molar-refractivity contribution in [3.8, 4) is 0 Å². The Balaban J connectivity index is 1.94. The first-order chi connectivity index (χ1) is 3.93. The maximum absolute atomic E-state index is 5.51. The quantitative estimate of drug-likeness (QED) is 0.564. The summed E-state index contributed by atoms with van der Waals surface area (Å²) in [6, 6.07) is 0. The van der Waals surface area contributed by atoms with Gasteiger partial charge in [-0.2, -0.15) is 11.8 Å². The molecule has 2 rings (SSSR count). The van der Waals surface area contributed by atoms with Crippen molar-refractivity contribution in [1.82, 2.24) is 0 Å². The fourth-order valence-corrected chi connectivity index (χ4v) is 3.42. The number of nitrogens with two attached hydrogens (primary N) is 1. The molecule has 1 heterocycles. The lowest BCUT2D eigenvalue weighted by molar-refractivity contribution is 0.693. The van der Waals surface area contributed by atoms with Crippen LogP contribution in [0.4, 0.5) is 0 Å². The first-order valence-electron chi connectivity index (χ1n) is 3.25. The Labute approximate surface area is 54.0 Å². The Kier molecular flexibility index (Phi) is 1.05. The molecule has 1 aliphatic heterocycles. The van der Waals surface area contributed by atoms with E-state index in [1.165, 1.54) is 12.2 Å². The third kappa shape index (κ3) is 0.531. The molecule has 8 heavy (non-hydrogen) atoms. The molecule has 0 spiro atoms. The van der Waals surface area contributed by atoms with Crippen LogP contribution in [0.15, 0.2) is 0 Å². The maximum Gasteiger partial charge on any atom is 0.0122 e. The average Bonchev–Trinajstić information content (AvgIpc) is 2.22. The highest BCUT2D eigenvalue weighted by atomic mass is 32.2. The van der Waals surface area contributed by atoms with Crippen LogP contribution in [-0.2, 0) is 0 Å². The van der Waals surface area contributed by atoms with E-state index in [1.807, 2.05) is 0 Å². The molecule has 2 N–H and O–H groups in total. The van der Waals surface area contributed by atoms with Gasteiger partial charge in [0, 0.05) is 5.25 Å². The first kappa shape index (κ1) is 5.12. The number of thioether (sulfide) groups is 1. The Morgan fingerprint density at radius 1 is 1.62 bits per heavy atom. The number of rotatable bonds is 1. The van der Waals surface area contributed by atoms with Crippen molar-refractivity contribution in [3.63, 3.8) is 0 Å². The van der Waals surface area contributed by atoms with Gasteiger partial charge in [0.15, 0.2) is 0 Å². The molecule has 0 aromatic heterocycles. The highest BCUT2D eigenvalue weighted by Gasteiger charge is 2.52. The van der Waals surface area contributed by atoms with Crippen molar-refractivity contribution in [2.24, 2.45) is 17.6 Å². The molecule has 0 radical (unpaired) electrons. The summed E-state index contributed by atoms with van der Waals surface area (Å²) in [4.78, 5) is 0. The predicted octanol–water partition coefficient (Wildman–Crippen LogP) is 0.697. The Hall–Kier alpha value is 0.310. The summed E-state index contributed by atoms with van der Waals surface area (Å²) in [5, 5.41) is 0.986. The van der Waals surface area contributed by atoms with Gasteiger partial charge < -0.3 is 5.73 Å². The van der Waals surface area contributed by atoms with Crippen LogP contribution in [0.25, 0.3) is 0 Å². The summed E-state index contributed by atoms with van der Waals surface area (Å²) < 4.78 is 0. The van der Waals surface area contributed by atoms with Crippen LogP contribution in [0.5, 0.6) is 0 Å². The van der Waals surface area contributed by atoms with Gasteiger partial charge in [-0.15, -0.1) is 0 Å². The van der Waals surface area contributed by atoms with Crippen LogP contribution in [-0.4, -0.2) is 17.5 Å². The van der Waals surface area contributed by atoms with Gasteiger partial charge in [-0.3, -0.25) is 0 Å². The summed E-state index contributed by atoms with van der Waals surface area (Å²) in [7, 11) is 0. The van der Waals surface area contributed by atoms with E-state index in [0.29, 0.717) is 0 Å². The topological polar surface area (TPSA) is 26.0 Å². The standard InChI is InChI=1S/C6H11NS/c7-3-5-4-1-2-8-6(4)5/h4-6H,1-3,7H2. The Bertz CT molecular complexity index is 87.9. The van der Waals surface area contributed by atoms with E-state index >= 15 is 0 Å². The largest absolute Gasteiger partial charge is 0.330 e. The van der Waals surface area contributed by atoms with E-state index < -0.39 is 0 Å². The fraction of sp³-hybridized carbons (Fsp3) is 1.00. The van der Waals surface area contributed by atoms with Gasteiger partial charge >= 0.3 is 0 Å². The Morgan fingerprint density at radius 2 is 2.50 bits per heavy atom. The highest BCUT2D eigenvalue weighted by Crippen LogP contribution is 2.55. The molecular weight excluding hydrogens is 118 g/mol. The highest BCUT2D eigenvalue weighted by molar-refractivity contribution is 8.00. The molecule has 0 bridgehead atoms. The van der Waals surface area contributed by atoms with Crippen LogP contribution in [0.3, 0.4) is 0 Å². The van der Waals surface area contributed by atoms with Gasteiger partial charge in [0.1, 0.15) is 0 Å². The van der Waals surface area contributed by atoms with Crippen LogP contribution in [0, 0.1) is 11.8 Å². The maximum atomic E-state index is 5.51. The second-order valence-electron chi connectivity index (χ2n) is 2.69. The van der Waals surface area contributed by atoms with Gasteiger partial charge in [0.2, 0.25) is 0 Å². The van der Waals surface area contributed by atoms with Gasteiger partial charge in [0.25, 0.3) is 0 Å². The van der Waals surface area contributed by atoms with Gasteiger partial charge in [0.05, 0.1) is 0 Å². The van der Waals surface area contributed by atoms with E-state index in [1.54, 1.807) is 0 Å². The van der Waals surface area contributed by atoms with Crippen LogP contribution < -0.4 is 5.73 Å². The van der Waals surface area contributed by atoms with Gasteiger partial charge in [-0.05, 0) is 30.6 Å². The SMILES string of the molecule is NCC1C2CCSC12. The molecule has 1 nitrogen and oxygen atoms in total. The zero-order chi connectivity index (χ0) is 5.56. The third-order valence-electron chi connectivity index (χ3n) is 2.29. The molecule has 1 aliphatic carbocycles. The van der Waals surface area contributed by atoms with Crippen LogP contribution in [0.2, 0.25) is 0 Å². The minimum Gasteiger partial charge on any atom is -0.330 e. The summed E-state index contributed by atoms with van der Waals surface area (Å²) >= 11 is 2.12. The van der Waals surface area contributed by atoms with Crippen LogP contribution >= 0.6 is 11.8 Å². The van der Waals surface area contributed by atoms with Crippen molar-refractivity contribution in [1.29, 1.82) is 0 Å². The lowest BCUT2D eigenvalue weighted by Crippen LogP contribution is -2.05. The number of fused-ring (bicyclic) bond motifs is 1. The summed E-state index contributed by atoms with van der Waals surface area (Å²) in [5.74, 6) is 3.34. The van der Waals surface area contributed by atoms with E-state index in [-0.39, 0.29) is 0 Å². The minimum absolute atomic E-state index is 0.911. The van der Waals surface area contributed by atoms with E-state index in [4.69, 9.17) is 5.73 Å². The molecule has 2 fully saturated rings. The summed E-state index contributed by atoms with van der Waals surface area (Å²) in [6.45, 7) is 0.933. The van der Waals surface area contributed by atoms with Gasteiger partial charge in [-0.25, -0.2) is 0 Å². The summed E-state index contributed by atoms with van der Waals surface area (Å²) in [5.41, 5.74) is 5.51. The Morgan fingerprint density at radius 3 is 2.88 bits per heavy atom. The predicted molar refractivity (Wildman–Crippen MR) is 36.9 cm³/mol. The van der Waals surface area contributed by atoms with Crippen molar-refractivity contribution in [2.45, 2.75) is 11.7 Å². The van der Waals surface area contributed by atoms with Crippen molar-refractivity contribution in [3.05, 3.63) is 0 Å². The molecule has 0 amide bonds. The zero-order valence-corrected chi connectivity index (χ0v) is 5.66. The third-order valence-corrected chi connectivity index (χ3v) is 3.84. The second kappa shape index (κ2) is 1.64. The van der Waals surface area contributed by atoms with E-state index in [9.17, 15) is 0 Å². The first-order valence-corrected chi connectivity index (χ1v) is 4.30. The molecule has 1 saturated heterocycles. The molecule has 3 atom stereocenters. The molecule has 2 heteroatoms.